The van der Waals surface area contributed by atoms with Gasteiger partial charge >= 0.3 is 0 Å². The van der Waals surface area contributed by atoms with Gasteiger partial charge in [-0.15, -0.1) is 0 Å². The second kappa shape index (κ2) is 5.13. The van der Waals surface area contributed by atoms with Crippen LogP contribution in [-0.2, 0) is 11.3 Å². The molecule has 8 nitrogen and oxygen atoms in total. The molecule has 1 aliphatic carbocycles. The highest BCUT2D eigenvalue weighted by molar-refractivity contribution is 5.77. The molecule has 0 atom stereocenters. The van der Waals surface area contributed by atoms with Crippen LogP contribution in [0.2, 0.25) is 0 Å². The smallest absolute Gasteiger partial charge is 0.246 e. The van der Waals surface area contributed by atoms with Crippen LogP contribution < -0.4 is 5.32 Å². The van der Waals surface area contributed by atoms with E-state index in [1.54, 1.807) is 12.1 Å². The summed E-state index contributed by atoms with van der Waals surface area (Å²) >= 11 is 0. The van der Waals surface area contributed by atoms with Crippen LogP contribution in [0.4, 0.5) is 0 Å². The lowest BCUT2D eigenvalue weighted by atomic mass is 10.3. The Hall–Kier alpha value is -2.69. The van der Waals surface area contributed by atoms with Crippen molar-refractivity contribution in [2.45, 2.75) is 31.7 Å². The minimum atomic E-state index is -0.385. The Morgan fingerprint density at radius 3 is 3.05 bits per heavy atom. The van der Waals surface area contributed by atoms with E-state index in [1.807, 2.05) is 0 Å². The van der Waals surface area contributed by atoms with Gasteiger partial charge in [0.2, 0.25) is 17.6 Å². The number of hydrogen-bond donors (Lipinski definition) is 1. The van der Waals surface area contributed by atoms with Crippen molar-refractivity contribution in [3.05, 3.63) is 17.7 Å². The molecule has 0 aliphatic heterocycles. The fourth-order valence-corrected chi connectivity index (χ4v) is 1.69. The normalized spacial score (nSPS) is 13.9. The fraction of sp³-hybridized carbons (Fsp3) is 0.417. The minimum absolute atomic E-state index is 0.0842. The van der Waals surface area contributed by atoms with Crippen LogP contribution in [0, 0.1) is 11.3 Å². The summed E-state index contributed by atoms with van der Waals surface area (Å²) in [6.45, 7) is 0.0842. The summed E-state index contributed by atoms with van der Waals surface area (Å²) in [5.74, 6) is 1.50. The number of nitrogens with one attached hydrogen (secondary N) is 1. The maximum absolute atomic E-state index is 11.1. The zero-order valence-corrected chi connectivity index (χ0v) is 10.5. The van der Waals surface area contributed by atoms with Crippen LogP contribution in [0.25, 0.3) is 11.5 Å². The highest BCUT2D eigenvalue weighted by atomic mass is 16.5. The summed E-state index contributed by atoms with van der Waals surface area (Å²) in [5.41, 5.74) is 0.519. The molecule has 0 saturated heterocycles. The van der Waals surface area contributed by atoms with E-state index >= 15 is 0 Å². The summed E-state index contributed by atoms with van der Waals surface area (Å²) in [7, 11) is 0. The summed E-state index contributed by atoms with van der Waals surface area (Å²) in [6, 6.07) is 3.56. The minimum Gasteiger partial charge on any atom is -0.360 e. The lowest BCUT2D eigenvalue weighted by molar-refractivity contribution is -0.120. The highest BCUT2D eigenvalue weighted by Crippen LogP contribution is 2.40. The monoisotopic (exact) mass is 273 g/mol. The van der Waals surface area contributed by atoms with E-state index in [0.717, 1.165) is 18.6 Å². The molecule has 1 aliphatic rings. The number of nitrogens with zero attached hydrogens (tertiary/aromatic N) is 4. The maximum Gasteiger partial charge on any atom is 0.246 e. The fourth-order valence-electron chi connectivity index (χ4n) is 1.69. The first-order valence-corrected chi connectivity index (χ1v) is 6.19. The van der Waals surface area contributed by atoms with Crippen molar-refractivity contribution in [1.29, 1.82) is 5.26 Å². The van der Waals surface area contributed by atoms with E-state index < -0.39 is 0 Å². The first-order valence-electron chi connectivity index (χ1n) is 6.19. The topological polar surface area (TPSA) is 118 Å². The predicted octanol–water partition coefficient (Wildman–Crippen LogP) is 1.13. The van der Waals surface area contributed by atoms with Crippen LogP contribution in [-0.4, -0.2) is 21.2 Å². The lowest BCUT2D eigenvalue weighted by Crippen LogP contribution is -2.21. The van der Waals surface area contributed by atoms with Gasteiger partial charge in [0.1, 0.15) is 12.2 Å². The molecule has 1 fully saturated rings. The number of carbonyl (C=O) groups is 1. The first-order chi connectivity index (χ1) is 9.76. The van der Waals surface area contributed by atoms with Crippen molar-refractivity contribution < 1.29 is 13.8 Å². The van der Waals surface area contributed by atoms with Gasteiger partial charge in [0.25, 0.3) is 0 Å². The third-order valence-corrected chi connectivity index (χ3v) is 2.88. The van der Waals surface area contributed by atoms with Gasteiger partial charge in [-0.1, -0.05) is 10.3 Å². The second-order valence-corrected chi connectivity index (χ2v) is 4.51. The van der Waals surface area contributed by atoms with Gasteiger partial charge < -0.3 is 14.4 Å². The van der Waals surface area contributed by atoms with Crippen LogP contribution in [0.15, 0.2) is 15.1 Å². The van der Waals surface area contributed by atoms with Gasteiger partial charge in [0.05, 0.1) is 12.6 Å². The highest BCUT2D eigenvalue weighted by Gasteiger charge is 2.28. The number of rotatable bonds is 5. The standard InChI is InChI=1S/C12H11N5O3/c13-4-3-10(18)14-6-11-15-12(17-20-11)8-5-9(19-16-8)7-1-2-7/h5,7H,1-3,6H2,(H,14,18). The van der Waals surface area contributed by atoms with E-state index in [4.69, 9.17) is 14.3 Å². The molecule has 2 aromatic heterocycles. The summed E-state index contributed by atoms with van der Waals surface area (Å²) in [4.78, 5) is 15.2. The molecular weight excluding hydrogens is 262 g/mol. The molecule has 2 aromatic rings. The SMILES string of the molecule is N#CCC(=O)NCc1nc(-c2cc(C3CC3)on2)no1. The van der Waals surface area contributed by atoms with E-state index in [-0.39, 0.29) is 24.8 Å². The summed E-state index contributed by atoms with van der Waals surface area (Å²) in [5, 5.41) is 18.5. The molecule has 0 radical (unpaired) electrons. The van der Waals surface area contributed by atoms with Crippen molar-refractivity contribution in [1.82, 2.24) is 20.6 Å². The predicted molar refractivity (Wildman–Crippen MR) is 63.8 cm³/mol. The van der Waals surface area contributed by atoms with Gasteiger partial charge in [-0.05, 0) is 12.8 Å². The Bertz CT molecular complexity index is 665. The largest absolute Gasteiger partial charge is 0.360 e. The van der Waals surface area contributed by atoms with Crippen LogP contribution in [0.5, 0.6) is 0 Å². The average Bonchev–Trinajstić information content (AvgIpc) is 3.00. The van der Waals surface area contributed by atoms with Crippen molar-refractivity contribution in [2.24, 2.45) is 0 Å². The molecular formula is C12H11N5O3. The van der Waals surface area contributed by atoms with E-state index in [1.165, 1.54) is 0 Å². The van der Waals surface area contributed by atoms with Crippen LogP contribution in [0.3, 0.4) is 0 Å². The second-order valence-electron chi connectivity index (χ2n) is 4.51. The van der Waals surface area contributed by atoms with Crippen molar-refractivity contribution in [2.75, 3.05) is 0 Å². The molecule has 1 amide bonds. The maximum atomic E-state index is 11.1. The molecule has 1 N–H and O–H groups in total. The molecule has 0 spiro atoms. The molecule has 0 unspecified atom stereocenters. The Morgan fingerprint density at radius 1 is 1.45 bits per heavy atom. The number of carbonyl (C=O) groups excluding carboxylic acids is 1. The molecule has 0 aromatic carbocycles. The Balaban J connectivity index is 1.63. The number of amides is 1. The first kappa shape index (κ1) is 12.3. The third kappa shape index (κ3) is 2.66. The van der Waals surface area contributed by atoms with Gasteiger partial charge in [-0.3, -0.25) is 4.79 Å². The van der Waals surface area contributed by atoms with E-state index in [2.05, 4.69) is 20.6 Å². The number of hydrogen-bond acceptors (Lipinski definition) is 7. The number of aromatic nitrogens is 3. The van der Waals surface area contributed by atoms with Crippen molar-refractivity contribution >= 4 is 5.91 Å². The Kier molecular flexibility index (Phi) is 3.16. The molecule has 3 rings (SSSR count). The Morgan fingerprint density at radius 2 is 2.30 bits per heavy atom. The van der Waals surface area contributed by atoms with Gasteiger partial charge in [0.15, 0.2) is 5.69 Å². The molecule has 1 saturated carbocycles. The van der Waals surface area contributed by atoms with Crippen LogP contribution in [0.1, 0.15) is 36.8 Å². The van der Waals surface area contributed by atoms with E-state index in [9.17, 15) is 4.79 Å². The Labute approximate surface area is 113 Å². The molecule has 102 valence electrons. The third-order valence-electron chi connectivity index (χ3n) is 2.88. The van der Waals surface area contributed by atoms with E-state index in [0.29, 0.717) is 17.4 Å². The van der Waals surface area contributed by atoms with Crippen molar-refractivity contribution in [3.8, 4) is 17.6 Å². The molecule has 8 heteroatoms. The van der Waals surface area contributed by atoms with Crippen LogP contribution >= 0.6 is 0 Å². The summed E-state index contributed by atoms with van der Waals surface area (Å²) in [6.07, 6.45) is 2.04. The zero-order valence-electron chi connectivity index (χ0n) is 10.5. The molecule has 0 bridgehead atoms. The number of nitriles is 1. The molecule has 20 heavy (non-hydrogen) atoms. The quantitative estimate of drug-likeness (QED) is 0.867. The van der Waals surface area contributed by atoms with Crippen molar-refractivity contribution in [3.63, 3.8) is 0 Å². The lowest BCUT2D eigenvalue weighted by Gasteiger charge is -1.95. The van der Waals surface area contributed by atoms with Gasteiger partial charge in [0, 0.05) is 12.0 Å². The van der Waals surface area contributed by atoms with Gasteiger partial charge in [-0.25, -0.2) is 0 Å². The zero-order chi connectivity index (χ0) is 13.9. The van der Waals surface area contributed by atoms with Gasteiger partial charge in [-0.2, -0.15) is 10.2 Å². The average molecular weight is 273 g/mol. The molecule has 2 heterocycles. The summed E-state index contributed by atoms with van der Waals surface area (Å²) < 4.78 is 10.2.